The van der Waals surface area contributed by atoms with Crippen molar-refractivity contribution >= 4 is 23.5 Å². The maximum Gasteiger partial charge on any atom is 0.251 e. The van der Waals surface area contributed by atoms with Gasteiger partial charge in [-0.15, -0.1) is 0 Å². The second-order valence-corrected chi connectivity index (χ2v) is 9.25. The van der Waals surface area contributed by atoms with Gasteiger partial charge in [0, 0.05) is 22.5 Å². The van der Waals surface area contributed by atoms with Gasteiger partial charge < -0.3 is 5.32 Å². The smallest absolute Gasteiger partial charge is 0.251 e. The molecule has 1 unspecified atom stereocenters. The van der Waals surface area contributed by atoms with E-state index in [0.29, 0.717) is 25.7 Å². The molecule has 0 saturated heterocycles. The van der Waals surface area contributed by atoms with Crippen LogP contribution in [0.4, 0.5) is 43.9 Å². The minimum absolute atomic E-state index is 0.115. The van der Waals surface area contributed by atoms with Crippen LogP contribution in [0.1, 0.15) is 36.0 Å². The average molecular weight is 561 g/mol. The van der Waals surface area contributed by atoms with E-state index in [1.165, 1.54) is 24.3 Å². The topological polar surface area (TPSA) is 29.1 Å². The highest BCUT2D eigenvalue weighted by Crippen LogP contribution is 2.31. The number of nitrogens with one attached hydrogen (secondary N) is 1. The van der Waals surface area contributed by atoms with Crippen LogP contribution in [0.25, 0.3) is 0 Å². The van der Waals surface area contributed by atoms with E-state index in [-0.39, 0.29) is 5.56 Å². The molecule has 206 valence electrons. The number of hydrogen-bond donors (Lipinski definition) is 1. The fraction of sp³-hybridized carbons (Fsp3) is 0.269. The van der Waals surface area contributed by atoms with Crippen molar-refractivity contribution in [1.82, 2.24) is 5.32 Å². The summed E-state index contributed by atoms with van der Waals surface area (Å²) in [5, 5.41) is 2.55. The summed E-state index contributed by atoms with van der Waals surface area (Å²) in [4.78, 5) is 12.9. The Bertz CT molecular complexity index is 1280. The maximum atomic E-state index is 14.9. The molecule has 39 heavy (non-hydrogen) atoms. The molecular weight excluding hydrogens is 543 g/mol. The third-order valence-electron chi connectivity index (χ3n) is 7.00. The number of amides is 1. The van der Waals surface area contributed by atoms with Gasteiger partial charge in [0.2, 0.25) is 6.71 Å². The van der Waals surface area contributed by atoms with Crippen LogP contribution in [-0.4, -0.2) is 18.7 Å². The molecule has 2 nitrogen and oxygen atoms in total. The van der Waals surface area contributed by atoms with Gasteiger partial charge in [-0.05, 0) is 37.2 Å². The van der Waals surface area contributed by atoms with Gasteiger partial charge in [-0.1, -0.05) is 31.0 Å². The molecule has 0 spiro atoms. The highest BCUT2D eigenvalue weighted by atomic mass is 19.2. The molecule has 0 heterocycles. The largest absolute Gasteiger partial charge is 0.350 e. The monoisotopic (exact) mass is 561 g/mol. The van der Waals surface area contributed by atoms with Gasteiger partial charge in [0.1, 0.15) is 0 Å². The fourth-order valence-corrected chi connectivity index (χ4v) is 5.06. The van der Waals surface area contributed by atoms with Crippen molar-refractivity contribution in [3.63, 3.8) is 0 Å². The van der Waals surface area contributed by atoms with Crippen molar-refractivity contribution in [2.75, 3.05) is 0 Å². The Morgan fingerprint density at radius 1 is 0.667 bits per heavy atom. The molecule has 0 aliphatic heterocycles. The number of carbonyl (C=O) groups is 1. The molecule has 3 aromatic rings. The number of hydrogen-bond acceptors (Lipinski definition) is 1. The number of carbonyl (C=O) groups excluding carboxylic acids is 1. The normalized spacial score (nSPS) is 14.5. The molecule has 0 aromatic heterocycles. The van der Waals surface area contributed by atoms with Crippen LogP contribution in [0.2, 0.25) is 6.32 Å². The van der Waals surface area contributed by atoms with E-state index in [1.54, 1.807) is 6.07 Å². The van der Waals surface area contributed by atoms with Crippen molar-refractivity contribution in [2.45, 2.75) is 38.0 Å². The minimum atomic E-state index is -2.57. The Morgan fingerprint density at radius 2 is 1.05 bits per heavy atom. The van der Waals surface area contributed by atoms with E-state index in [0.717, 1.165) is 0 Å². The molecule has 1 fully saturated rings. The highest BCUT2D eigenvalue weighted by Gasteiger charge is 2.42. The molecule has 0 bridgehead atoms. The zero-order valence-corrected chi connectivity index (χ0v) is 19.8. The second kappa shape index (κ2) is 11.3. The van der Waals surface area contributed by atoms with Crippen molar-refractivity contribution in [3.05, 3.63) is 94.1 Å². The predicted molar refractivity (Wildman–Crippen MR) is 122 cm³/mol. The summed E-state index contributed by atoms with van der Waals surface area (Å²) in [6, 6.07) is 6.25. The number of rotatable bonds is 7. The zero-order chi connectivity index (χ0) is 28.6. The van der Waals surface area contributed by atoms with Crippen molar-refractivity contribution in [2.24, 2.45) is 5.92 Å². The summed E-state index contributed by atoms with van der Waals surface area (Å²) in [7, 11) is 0. The Hall–Kier alpha value is -3.51. The molecule has 4 rings (SSSR count). The second-order valence-electron chi connectivity index (χ2n) is 9.25. The van der Waals surface area contributed by atoms with Crippen LogP contribution < -0.4 is 16.2 Å². The lowest BCUT2D eigenvalue weighted by atomic mass is 9.36. The summed E-state index contributed by atoms with van der Waals surface area (Å²) in [5.41, 5.74) is -3.46. The van der Waals surface area contributed by atoms with E-state index >= 15 is 0 Å². The fourth-order valence-electron chi connectivity index (χ4n) is 5.06. The predicted octanol–water partition coefficient (Wildman–Crippen LogP) is 5.68. The lowest BCUT2D eigenvalue weighted by Crippen LogP contribution is -2.55. The van der Waals surface area contributed by atoms with Crippen LogP contribution in [0.5, 0.6) is 0 Å². The van der Waals surface area contributed by atoms with Crippen molar-refractivity contribution in [3.8, 4) is 0 Å². The Labute approximate surface area is 216 Å². The van der Waals surface area contributed by atoms with E-state index < -0.39 is 100.0 Å². The van der Waals surface area contributed by atoms with Crippen molar-refractivity contribution in [1.29, 1.82) is 0 Å². The quantitative estimate of drug-likeness (QED) is 0.171. The van der Waals surface area contributed by atoms with Gasteiger partial charge >= 0.3 is 0 Å². The van der Waals surface area contributed by atoms with E-state index in [2.05, 4.69) is 5.32 Å². The third kappa shape index (κ3) is 5.22. The molecule has 1 atom stereocenters. The molecule has 0 radical (unpaired) electrons. The van der Waals surface area contributed by atoms with Crippen LogP contribution >= 0.6 is 0 Å². The van der Waals surface area contributed by atoms with Gasteiger partial charge in [0.25, 0.3) is 5.91 Å². The summed E-state index contributed by atoms with van der Waals surface area (Å²) in [6.45, 7) is -2.57. The third-order valence-corrected chi connectivity index (χ3v) is 7.00. The molecule has 1 aliphatic rings. The van der Waals surface area contributed by atoms with Crippen molar-refractivity contribution < 1.29 is 48.7 Å². The van der Waals surface area contributed by atoms with Gasteiger partial charge in [-0.3, -0.25) is 4.79 Å². The molecule has 1 aliphatic carbocycles. The first-order valence-electron chi connectivity index (χ1n) is 11.8. The van der Waals surface area contributed by atoms with Gasteiger partial charge in [0.15, 0.2) is 58.2 Å². The van der Waals surface area contributed by atoms with Crippen LogP contribution in [0.3, 0.4) is 0 Å². The molecular formula is C26H18BF10NO. The van der Waals surface area contributed by atoms with E-state index in [4.69, 9.17) is 0 Å². The van der Waals surface area contributed by atoms with E-state index in [9.17, 15) is 48.7 Å². The zero-order valence-electron chi connectivity index (χ0n) is 19.8. The molecule has 1 N–H and O–H groups in total. The lowest BCUT2D eigenvalue weighted by Gasteiger charge is -2.29. The maximum absolute atomic E-state index is 14.9. The minimum Gasteiger partial charge on any atom is -0.350 e. The Morgan fingerprint density at radius 3 is 1.46 bits per heavy atom. The SMILES string of the molecule is O=C(NC(CB(c1c(F)c(F)c(F)c(F)c1F)c1c(F)c(F)c(F)c(F)c1F)C1CCCC1)c1ccccc1. The molecule has 13 heteroatoms. The Balaban J connectivity index is 1.92. The summed E-state index contributed by atoms with van der Waals surface area (Å²) in [6.07, 6.45) is 1.11. The molecule has 1 amide bonds. The Kier molecular flexibility index (Phi) is 8.27. The summed E-state index contributed by atoms with van der Waals surface area (Å²) < 4.78 is 144. The highest BCUT2D eigenvalue weighted by molar-refractivity contribution is 6.85. The number of halogens is 10. The van der Waals surface area contributed by atoms with Crippen LogP contribution in [0.15, 0.2) is 30.3 Å². The van der Waals surface area contributed by atoms with Crippen LogP contribution in [0, 0.1) is 64.1 Å². The first-order chi connectivity index (χ1) is 18.5. The molecule has 3 aromatic carbocycles. The standard InChI is InChI=1S/C26H18BF10NO/c28-16-14(17(29)21(33)24(36)20(16)32)27(15-18(30)22(34)25(37)23(35)19(15)31)10-13(11-6-4-5-7-11)38-26(39)12-8-2-1-3-9-12/h1-3,8-9,11,13H,4-7,10H2,(H,38,39). The molecule has 1 saturated carbocycles. The average Bonchev–Trinajstić information content (AvgIpc) is 3.48. The van der Waals surface area contributed by atoms with Gasteiger partial charge in [-0.2, -0.15) is 0 Å². The number of benzene rings is 3. The first-order valence-corrected chi connectivity index (χ1v) is 11.8. The van der Waals surface area contributed by atoms with E-state index in [1.807, 2.05) is 0 Å². The first kappa shape index (κ1) is 28.5. The van der Waals surface area contributed by atoms with Gasteiger partial charge in [-0.25, -0.2) is 43.9 Å². The van der Waals surface area contributed by atoms with Crippen LogP contribution in [-0.2, 0) is 0 Å². The summed E-state index contributed by atoms with van der Waals surface area (Å²) >= 11 is 0. The summed E-state index contributed by atoms with van der Waals surface area (Å²) in [5.74, 6) is -26.3. The van der Waals surface area contributed by atoms with Gasteiger partial charge in [0.05, 0.1) is 0 Å². The lowest BCUT2D eigenvalue weighted by molar-refractivity contribution is 0.0927.